The van der Waals surface area contributed by atoms with Crippen LogP contribution < -0.4 is 14.4 Å². The van der Waals surface area contributed by atoms with Gasteiger partial charge in [-0.25, -0.2) is 0 Å². The van der Waals surface area contributed by atoms with Crippen LogP contribution in [0.3, 0.4) is 0 Å². The predicted octanol–water partition coefficient (Wildman–Crippen LogP) is 4.50. The summed E-state index contributed by atoms with van der Waals surface area (Å²) in [7, 11) is 3.10. The summed E-state index contributed by atoms with van der Waals surface area (Å²) in [4.78, 5) is 27.0. The summed E-state index contributed by atoms with van der Waals surface area (Å²) >= 11 is 6.49. The number of rotatable bonds is 12. The number of aliphatic hydroxyl groups excluding tert-OH is 1. The van der Waals surface area contributed by atoms with Crippen molar-refractivity contribution in [3.63, 3.8) is 0 Å². The number of halogens is 1. The average molecular weight is 586 g/mol. The number of anilines is 1. The molecule has 2 atom stereocenters. The SMILES string of the molecule is COc1cccc([C@H]2O[C@H](CCn3nccc3CCC(=O)O)C(=O)N(CC(C)(C)CO)c3ccc(Cl)cc32)c1OC. The van der Waals surface area contributed by atoms with Crippen LogP contribution >= 0.6 is 11.6 Å². The summed E-state index contributed by atoms with van der Waals surface area (Å²) in [5.74, 6) is -0.168. The number of aliphatic carboxylic acids is 1. The molecule has 10 nitrogen and oxygen atoms in total. The number of carboxylic acids is 1. The molecule has 2 N–H and O–H groups in total. The van der Waals surface area contributed by atoms with Gasteiger partial charge in [0.05, 0.1) is 20.6 Å². The summed E-state index contributed by atoms with van der Waals surface area (Å²) in [6, 6.07) is 12.6. The highest BCUT2D eigenvalue weighted by Gasteiger charge is 2.39. The van der Waals surface area contributed by atoms with E-state index in [-0.39, 0.29) is 31.9 Å². The van der Waals surface area contributed by atoms with E-state index in [9.17, 15) is 14.7 Å². The van der Waals surface area contributed by atoms with E-state index in [0.29, 0.717) is 46.3 Å². The minimum Gasteiger partial charge on any atom is -0.493 e. The number of fused-ring (bicyclic) bond motifs is 1. The third-order valence-corrected chi connectivity index (χ3v) is 7.37. The van der Waals surface area contributed by atoms with Crippen molar-refractivity contribution in [3.8, 4) is 11.5 Å². The summed E-state index contributed by atoms with van der Waals surface area (Å²) < 4.78 is 19.7. The van der Waals surface area contributed by atoms with Gasteiger partial charge in [-0.1, -0.05) is 37.6 Å². The Morgan fingerprint density at radius 2 is 1.93 bits per heavy atom. The molecule has 1 aliphatic heterocycles. The lowest BCUT2D eigenvalue weighted by Crippen LogP contribution is -2.45. The van der Waals surface area contributed by atoms with E-state index in [4.69, 9.17) is 30.9 Å². The van der Waals surface area contributed by atoms with E-state index < -0.39 is 23.6 Å². The molecular weight excluding hydrogens is 550 g/mol. The Kier molecular flexibility index (Phi) is 9.57. The van der Waals surface area contributed by atoms with Gasteiger partial charge in [-0.3, -0.25) is 14.3 Å². The van der Waals surface area contributed by atoms with Crippen LogP contribution in [0, 0.1) is 5.41 Å². The molecule has 4 rings (SSSR count). The predicted molar refractivity (Wildman–Crippen MR) is 154 cm³/mol. The number of carbonyl (C=O) groups excluding carboxylic acids is 1. The number of aryl methyl sites for hydroxylation is 2. The van der Waals surface area contributed by atoms with E-state index in [1.807, 2.05) is 26.0 Å². The fourth-order valence-electron chi connectivity index (χ4n) is 5.01. The molecule has 2 aromatic carbocycles. The Labute approximate surface area is 244 Å². The van der Waals surface area contributed by atoms with E-state index in [2.05, 4.69) is 5.10 Å². The highest BCUT2D eigenvalue weighted by molar-refractivity contribution is 6.30. The first-order chi connectivity index (χ1) is 19.6. The second-order valence-electron chi connectivity index (χ2n) is 10.8. The number of ether oxygens (including phenoxy) is 3. The third kappa shape index (κ3) is 6.83. The highest BCUT2D eigenvalue weighted by Crippen LogP contribution is 2.45. The minimum atomic E-state index is -0.909. The molecule has 0 radical (unpaired) electrons. The number of carbonyl (C=O) groups is 2. The molecule has 220 valence electrons. The number of amides is 1. The van der Waals surface area contributed by atoms with Gasteiger partial charge in [-0.05, 0) is 36.8 Å². The third-order valence-electron chi connectivity index (χ3n) is 7.14. The number of nitrogens with zero attached hydrogens (tertiary/aromatic N) is 3. The number of benzene rings is 2. The normalized spacial score (nSPS) is 17.2. The lowest BCUT2D eigenvalue weighted by atomic mass is 9.92. The van der Waals surface area contributed by atoms with E-state index >= 15 is 0 Å². The number of para-hydroxylation sites is 1. The summed E-state index contributed by atoms with van der Waals surface area (Å²) in [5.41, 5.74) is 2.12. The number of aliphatic hydroxyl groups is 1. The molecule has 0 fully saturated rings. The Morgan fingerprint density at radius 1 is 1.15 bits per heavy atom. The smallest absolute Gasteiger partial charge is 0.303 e. The van der Waals surface area contributed by atoms with Crippen LogP contribution in [-0.4, -0.2) is 65.3 Å². The standard InChI is InChI=1S/C30H36ClN3O7/c1-30(2,18-35)17-33-23-10-8-19(31)16-22(23)27(21-6-5-7-24(39-3)28(21)40-4)41-25(29(33)38)13-15-34-20(12-14-32-34)9-11-26(36)37/h5-8,10,12,14,16,25,27,35H,9,11,13,15,17-18H2,1-4H3,(H,36,37)/t25-,27-/m1/s1. The van der Waals surface area contributed by atoms with Gasteiger partial charge in [-0.15, -0.1) is 0 Å². The number of methoxy groups -OCH3 is 2. The van der Waals surface area contributed by atoms with Crippen molar-refractivity contribution in [2.24, 2.45) is 5.41 Å². The van der Waals surface area contributed by atoms with Crippen molar-refractivity contribution < 1.29 is 34.0 Å². The molecule has 0 aliphatic carbocycles. The van der Waals surface area contributed by atoms with Gasteiger partial charge in [0.2, 0.25) is 0 Å². The lowest BCUT2D eigenvalue weighted by molar-refractivity contribution is -0.137. The van der Waals surface area contributed by atoms with Crippen molar-refractivity contribution in [2.75, 3.05) is 32.3 Å². The number of hydrogen-bond donors (Lipinski definition) is 2. The van der Waals surface area contributed by atoms with Crippen LogP contribution in [0.2, 0.25) is 5.02 Å². The van der Waals surface area contributed by atoms with Gasteiger partial charge in [-0.2, -0.15) is 5.10 Å². The topological polar surface area (TPSA) is 123 Å². The number of aromatic nitrogens is 2. The van der Waals surface area contributed by atoms with Crippen LogP contribution in [-0.2, 0) is 27.3 Å². The van der Waals surface area contributed by atoms with E-state index in [1.165, 1.54) is 0 Å². The molecule has 2 heterocycles. The molecule has 0 unspecified atom stereocenters. The molecule has 3 aromatic rings. The van der Waals surface area contributed by atoms with Gasteiger partial charge in [0, 0.05) is 65.3 Å². The first-order valence-electron chi connectivity index (χ1n) is 13.4. The molecule has 1 aliphatic rings. The van der Waals surface area contributed by atoms with Gasteiger partial charge < -0.3 is 29.3 Å². The average Bonchev–Trinajstić information content (AvgIpc) is 3.37. The zero-order chi connectivity index (χ0) is 29.7. The molecule has 0 bridgehead atoms. The maximum atomic E-state index is 14.2. The van der Waals surface area contributed by atoms with Crippen molar-refractivity contribution >= 4 is 29.2 Å². The molecule has 0 saturated carbocycles. The van der Waals surface area contributed by atoms with E-state index in [1.54, 1.807) is 60.3 Å². The summed E-state index contributed by atoms with van der Waals surface area (Å²) in [5, 5.41) is 24.0. The van der Waals surface area contributed by atoms with Crippen LogP contribution in [0.25, 0.3) is 0 Å². The number of hydrogen-bond acceptors (Lipinski definition) is 7. The lowest BCUT2D eigenvalue weighted by Gasteiger charge is -2.32. The second kappa shape index (κ2) is 12.9. The summed E-state index contributed by atoms with van der Waals surface area (Å²) in [6.07, 6.45) is 0.523. The Bertz CT molecular complexity index is 1390. The molecule has 11 heteroatoms. The van der Waals surface area contributed by atoms with Crippen molar-refractivity contribution in [3.05, 3.63) is 70.5 Å². The van der Waals surface area contributed by atoms with Crippen molar-refractivity contribution in [1.82, 2.24) is 9.78 Å². The molecule has 41 heavy (non-hydrogen) atoms. The molecule has 0 saturated heterocycles. The van der Waals surface area contributed by atoms with Crippen LogP contribution in [0.15, 0.2) is 48.7 Å². The largest absolute Gasteiger partial charge is 0.493 e. The molecule has 1 amide bonds. The quantitative estimate of drug-likeness (QED) is 0.318. The Balaban J connectivity index is 1.79. The molecule has 0 spiro atoms. The fourth-order valence-corrected chi connectivity index (χ4v) is 5.19. The first-order valence-corrected chi connectivity index (χ1v) is 13.8. The Morgan fingerprint density at radius 3 is 2.61 bits per heavy atom. The zero-order valence-corrected chi connectivity index (χ0v) is 24.4. The van der Waals surface area contributed by atoms with Gasteiger partial charge in [0.15, 0.2) is 11.5 Å². The minimum absolute atomic E-state index is 0.0254. The van der Waals surface area contributed by atoms with Gasteiger partial charge in [0.1, 0.15) is 12.2 Å². The maximum absolute atomic E-state index is 14.2. The van der Waals surface area contributed by atoms with Crippen LogP contribution in [0.1, 0.15) is 49.6 Å². The van der Waals surface area contributed by atoms with Crippen molar-refractivity contribution in [1.29, 1.82) is 0 Å². The maximum Gasteiger partial charge on any atom is 0.303 e. The monoisotopic (exact) mass is 585 g/mol. The molecular formula is C30H36ClN3O7. The zero-order valence-electron chi connectivity index (χ0n) is 23.7. The number of carboxylic acid groups (broad SMARTS) is 1. The highest BCUT2D eigenvalue weighted by atomic mass is 35.5. The van der Waals surface area contributed by atoms with Crippen molar-refractivity contribution in [2.45, 2.75) is 51.9 Å². The summed E-state index contributed by atoms with van der Waals surface area (Å²) in [6.45, 7) is 4.22. The van der Waals surface area contributed by atoms with Gasteiger partial charge in [0.25, 0.3) is 5.91 Å². The Hall–Kier alpha value is -3.60. The second-order valence-corrected chi connectivity index (χ2v) is 11.2. The molecule has 1 aromatic heterocycles. The van der Waals surface area contributed by atoms with Gasteiger partial charge >= 0.3 is 5.97 Å². The fraction of sp³-hybridized carbons (Fsp3) is 0.433. The van der Waals surface area contributed by atoms with Crippen LogP contribution in [0.5, 0.6) is 11.5 Å². The first kappa shape index (κ1) is 30.4. The van der Waals surface area contributed by atoms with E-state index in [0.717, 1.165) is 5.69 Å². The van der Waals surface area contributed by atoms with Crippen LogP contribution in [0.4, 0.5) is 5.69 Å².